The van der Waals surface area contributed by atoms with Crippen molar-refractivity contribution in [1.82, 2.24) is 5.32 Å². The van der Waals surface area contributed by atoms with Gasteiger partial charge in [-0.25, -0.2) is 4.39 Å². The quantitative estimate of drug-likeness (QED) is 0.645. The molecule has 32 heavy (non-hydrogen) atoms. The minimum absolute atomic E-state index is 0.0932. The van der Waals surface area contributed by atoms with Crippen LogP contribution in [0.1, 0.15) is 11.3 Å². The van der Waals surface area contributed by atoms with Crippen LogP contribution < -0.4 is 15.1 Å². The van der Waals surface area contributed by atoms with Gasteiger partial charge >= 0.3 is 0 Å². The average Bonchev–Trinajstić information content (AvgIpc) is 3.49. The zero-order valence-electron chi connectivity index (χ0n) is 16.8. The number of carbonyl (C=O) groups excluding carboxylic acids is 3. The molecule has 3 aromatic rings. The Morgan fingerprint density at radius 3 is 2.62 bits per heavy atom. The van der Waals surface area contributed by atoms with Crippen LogP contribution in [-0.4, -0.2) is 30.0 Å². The molecule has 9 heteroatoms. The van der Waals surface area contributed by atoms with Gasteiger partial charge in [-0.3, -0.25) is 24.2 Å². The molecule has 7 nitrogen and oxygen atoms in total. The first-order chi connectivity index (χ1) is 15.5. The lowest BCUT2D eigenvalue weighted by atomic mass is 10.0. The fraction of sp³-hybridized carbons (Fsp3) is 0.174. The van der Waals surface area contributed by atoms with Gasteiger partial charge in [-0.15, -0.1) is 11.8 Å². The van der Waals surface area contributed by atoms with Crippen LogP contribution in [0.5, 0.6) is 0 Å². The molecular formula is C23H18FN3O4S. The average molecular weight is 451 g/mol. The highest BCUT2D eigenvalue weighted by Crippen LogP contribution is 2.55. The van der Waals surface area contributed by atoms with Gasteiger partial charge in [0.1, 0.15) is 18.1 Å². The predicted octanol–water partition coefficient (Wildman–Crippen LogP) is 3.01. The molecule has 162 valence electrons. The highest BCUT2D eigenvalue weighted by molar-refractivity contribution is 8.02. The number of para-hydroxylation sites is 1. The second-order valence-corrected chi connectivity index (χ2v) is 8.57. The van der Waals surface area contributed by atoms with E-state index in [0.29, 0.717) is 22.7 Å². The number of thioether (sulfide) groups is 1. The van der Waals surface area contributed by atoms with E-state index < -0.39 is 10.7 Å². The van der Waals surface area contributed by atoms with Crippen molar-refractivity contribution in [3.05, 3.63) is 84.1 Å². The van der Waals surface area contributed by atoms with Crippen molar-refractivity contribution in [3.63, 3.8) is 0 Å². The number of hydrogen-bond donors (Lipinski definition) is 1. The summed E-state index contributed by atoms with van der Waals surface area (Å²) in [7, 11) is 0. The lowest BCUT2D eigenvalue weighted by Gasteiger charge is -2.33. The van der Waals surface area contributed by atoms with Crippen molar-refractivity contribution in [1.29, 1.82) is 0 Å². The summed E-state index contributed by atoms with van der Waals surface area (Å²) >= 11 is 1.21. The van der Waals surface area contributed by atoms with E-state index in [1.165, 1.54) is 52.1 Å². The summed E-state index contributed by atoms with van der Waals surface area (Å²) in [6.45, 7) is -0.0000919. The van der Waals surface area contributed by atoms with E-state index >= 15 is 0 Å². The van der Waals surface area contributed by atoms with Crippen LogP contribution in [0.3, 0.4) is 0 Å². The number of nitrogens with zero attached hydrogens (tertiary/aromatic N) is 2. The molecule has 0 radical (unpaired) electrons. The molecule has 2 aliphatic heterocycles. The first-order valence-corrected chi connectivity index (χ1v) is 10.9. The van der Waals surface area contributed by atoms with Crippen molar-refractivity contribution >= 4 is 40.9 Å². The molecule has 3 heterocycles. The normalized spacial score (nSPS) is 19.7. The molecule has 1 saturated heterocycles. The van der Waals surface area contributed by atoms with Crippen molar-refractivity contribution in [2.45, 2.75) is 11.4 Å². The Morgan fingerprint density at radius 1 is 1.09 bits per heavy atom. The van der Waals surface area contributed by atoms with E-state index in [1.807, 2.05) is 0 Å². The van der Waals surface area contributed by atoms with Gasteiger partial charge in [0.05, 0.1) is 24.2 Å². The van der Waals surface area contributed by atoms with Gasteiger partial charge in [-0.1, -0.05) is 18.2 Å². The van der Waals surface area contributed by atoms with E-state index in [0.717, 1.165) is 0 Å². The molecule has 1 atom stereocenters. The Bertz CT molecular complexity index is 1200. The van der Waals surface area contributed by atoms with Gasteiger partial charge in [0, 0.05) is 11.3 Å². The van der Waals surface area contributed by atoms with Gasteiger partial charge in [0.2, 0.25) is 16.7 Å². The first-order valence-electron chi connectivity index (χ1n) is 9.94. The number of fused-ring (bicyclic) bond motifs is 2. The standard InChI is InChI=1S/C23H18FN3O4S/c24-15-7-9-16(10-8-15)27-21(29)14-32-23(27)18-5-1-2-6-19(18)26(22(23)30)13-20(28)25-12-17-4-3-11-31-17/h1-11H,12-14H2,(H,25,28)/t23-/m1/s1. The van der Waals surface area contributed by atoms with Crippen molar-refractivity contribution in [2.75, 3.05) is 22.1 Å². The van der Waals surface area contributed by atoms with Crippen LogP contribution in [0, 0.1) is 5.82 Å². The Morgan fingerprint density at radius 2 is 1.88 bits per heavy atom. The van der Waals surface area contributed by atoms with Crippen molar-refractivity contribution in [2.24, 2.45) is 0 Å². The van der Waals surface area contributed by atoms with Crippen LogP contribution in [0.4, 0.5) is 15.8 Å². The van der Waals surface area contributed by atoms with E-state index in [4.69, 9.17) is 4.42 Å². The minimum Gasteiger partial charge on any atom is -0.467 e. The molecule has 1 N–H and O–H groups in total. The molecule has 2 aliphatic rings. The lowest BCUT2D eigenvalue weighted by molar-refractivity contribution is -0.125. The summed E-state index contributed by atoms with van der Waals surface area (Å²) in [5.74, 6) is -0.738. The molecule has 0 unspecified atom stereocenters. The SMILES string of the molecule is O=C(CN1C(=O)[C@]2(SCC(=O)N2c2ccc(F)cc2)c2ccccc21)NCc1ccco1. The van der Waals surface area contributed by atoms with E-state index in [1.54, 1.807) is 36.4 Å². The number of rotatable bonds is 5. The fourth-order valence-electron chi connectivity index (χ4n) is 4.10. The van der Waals surface area contributed by atoms with E-state index in [9.17, 15) is 18.8 Å². The van der Waals surface area contributed by atoms with Crippen LogP contribution in [0.25, 0.3) is 0 Å². The van der Waals surface area contributed by atoms with Gasteiger partial charge in [-0.05, 0) is 42.5 Å². The molecule has 1 fully saturated rings. The number of halogens is 1. The molecule has 1 aromatic heterocycles. The number of benzene rings is 2. The van der Waals surface area contributed by atoms with Crippen LogP contribution in [-0.2, 0) is 25.8 Å². The van der Waals surface area contributed by atoms with Gasteiger partial charge < -0.3 is 9.73 Å². The summed E-state index contributed by atoms with van der Waals surface area (Å²) in [4.78, 5) is 40.8. The Kier molecular flexibility index (Phi) is 4.97. The van der Waals surface area contributed by atoms with E-state index in [-0.39, 0.29) is 36.6 Å². The summed E-state index contributed by atoms with van der Waals surface area (Å²) < 4.78 is 18.7. The summed E-state index contributed by atoms with van der Waals surface area (Å²) in [5.41, 5.74) is 1.62. The third-order valence-corrected chi connectivity index (χ3v) is 6.88. The zero-order valence-corrected chi connectivity index (χ0v) is 17.6. The Hall–Kier alpha value is -3.59. The maximum Gasteiger partial charge on any atom is 0.269 e. The second-order valence-electron chi connectivity index (χ2n) is 7.40. The fourth-order valence-corrected chi connectivity index (χ4v) is 5.46. The summed E-state index contributed by atoms with van der Waals surface area (Å²) in [5, 5.41) is 2.74. The highest BCUT2D eigenvalue weighted by atomic mass is 32.2. The van der Waals surface area contributed by atoms with Gasteiger partial charge in [0.15, 0.2) is 0 Å². The van der Waals surface area contributed by atoms with Crippen LogP contribution >= 0.6 is 11.8 Å². The largest absolute Gasteiger partial charge is 0.467 e. The first kappa shape index (κ1) is 20.3. The molecule has 3 amide bonds. The molecular weight excluding hydrogens is 433 g/mol. The molecule has 0 aliphatic carbocycles. The van der Waals surface area contributed by atoms with E-state index in [2.05, 4.69) is 5.32 Å². The zero-order chi connectivity index (χ0) is 22.3. The molecule has 5 rings (SSSR count). The third-order valence-electron chi connectivity index (χ3n) is 5.49. The topological polar surface area (TPSA) is 82.9 Å². The number of furan rings is 1. The predicted molar refractivity (Wildman–Crippen MR) is 117 cm³/mol. The molecule has 1 spiro atoms. The third kappa shape index (κ3) is 3.16. The van der Waals surface area contributed by atoms with Crippen molar-refractivity contribution < 1.29 is 23.2 Å². The maximum atomic E-state index is 13.8. The minimum atomic E-state index is -1.34. The monoisotopic (exact) mass is 451 g/mol. The Balaban J connectivity index is 1.48. The molecule has 0 saturated carbocycles. The second kappa shape index (κ2) is 7.83. The maximum absolute atomic E-state index is 13.8. The van der Waals surface area contributed by atoms with Gasteiger partial charge in [0.25, 0.3) is 5.91 Å². The molecule has 2 aromatic carbocycles. The van der Waals surface area contributed by atoms with Crippen molar-refractivity contribution in [3.8, 4) is 0 Å². The van der Waals surface area contributed by atoms with Gasteiger partial charge in [-0.2, -0.15) is 0 Å². The number of nitrogens with one attached hydrogen (secondary N) is 1. The van der Waals surface area contributed by atoms with Crippen LogP contribution in [0.15, 0.2) is 71.3 Å². The summed E-state index contributed by atoms with van der Waals surface area (Å²) in [6.07, 6.45) is 1.52. The highest BCUT2D eigenvalue weighted by Gasteiger charge is 2.61. The molecule has 0 bridgehead atoms. The number of hydrogen-bond acceptors (Lipinski definition) is 5. The lowest BCUT2D eigenvalue weighted by Crippen LogP contribution is -2.51. The number of amides is 3. The summed E-state index contributed by atoms with van der Waals surface area (Å²) in [6, 6.07) is 16.1. The smallest absolute Gasteiger partial charge is 0.269 e. The number of anilines is 2. The number of carbonyl (C=O) groups is 3. The van der Waals surface area contributed by atoms with Crippen LogP contribution in [0.2, 0.25) is 0 Å². The Labute approximate surface area is 187 Å².